The Morgan fingerprint density at radius 1 is 1.47 bits per heavy atom. The van der Waals surface area contributed by atoms with Crippen molar-refractivity contribution >= 4 is 23.2 Å². The average Bonchev–Trinajstić information content (AvgIpc) is 2.43. The molecule has 1 fully saturated rings. The van der Waals surface area contributed by atoms with E-state index in [1.165, 1.54) is 6.07 Å². The fraction of sp³-hybridized carbons (Fsp3) is 0.500. The Labute approximate surface area is 118 Å². The number of phenolic OH excluding ortho intramolecular Hbond substituents is 1. The number of rotatable bonds is 3. The lowest BCUT2D eigenvalue weighted by atomic mass is 9.76. The van der Waals surface area contributed by atoms with E-state index in [0.717, 1.165) is 32.4 Å². The molecule has 1 amide bonds. The molecule has 19 heavy (non-hydrogen) atoms. The van der Waals surface area contributed by atoms with Gasteiger partial charge in [0.25, 0.3) is 0 Å². The largest absolute Gasteiger partial charge is 0.506 e. The van der Waals surface area contributed by atoms with Gasteiger partial charge in [0.1, 0.15) is 5.75 Å². The first-order valence-electron chi connectivity index (χ1n) is 6.58. The van der Waals surface area contributed by atoms with Crippen LogP contribution in [0.3, 0.4) is 0 Å². The van der Waals surface area contributed by atoms with Crippen LogP contribution in [0.5, 0.6) is 5.75 Å². The lowest BCUT2D eigenvalue weighted by molar-refractivity contribution is -0.127. The van der Waals surface area contributed by atoms with E-state index in [4.69, 9.17) is 11.6 Å². The zero-order valence-corrected chi connectivity index (χ0v) is 11.8. The van der Waals surface area contributed by atoms with Crippen LogP contribution in [0.1, 0.15) is 26.2 Å². The number of amides is 1. The van der Waals surface area contributed by atoms with Gasteiger partial charge in [0, 0.05) is 5.69 Å². The summed E-state index contributed by atoms with van der Waals surface area (Å²) in [6, 6.07) is 4.71. The molecule has 1 aliphatic heterocycles. The molecule has 1 heterocycles. The van der Waals surface area contributed by atoms with Gasteiger partial charge in [-0.05, 0) is 50.6 Å². The number of benzene rings is 1. The van der Waals surface area contributed by atoms with E-state index < -0.39 is 0 Å². The highest BCUT2D eigenvalue weighted by molar-refractivity contribution is 6.32. The zero-order valence-electron chi connectivity index (χ0n) is 11.0. The first-order valence-corrected chi connectivity index (χ1v) is 6.96. The molecule has 5 heteroatoms. The van der Waals surface area contributed by atoms with E-state index in [-0.39, 0.29) is 22.1 Å². The highest BCUT2D eigenvalue weighted by Gasteiger charge is 2.37. The normalized spacial score (nSPS) is 18.0. The number of anilines is 1. The minimum Gasteiger partial charge on any atom is -0.506 e. The molecule has 4 nitrogen and oxygen atoms in total. The van der Waals surface area contributed by atoms with Crippen LogP contribution in [0.25, 0.3) is 0 Å². The molecule has 0 saturated carbocycles. The van der Waals surface area contributed by atoms with Crippen LogP contribution in [0.15, 0.2) is 18.2 Å². The summed E-state index contributed by atoms with van der Waals surface area (Å²) in [5, 5.41) is 15.8. The third kappa shape index (κ3) is 3.01. The molecular formula is C14H19ClN2O2. The molecule has 0 radical (unpaired) electrons. The van der Waals surface area contributed by atoms with Gasteiger partial charge in [-0.15, -0.1) is 0 Å². The van der Waals surface area contributed by atoms with Crippen molar-refractivity contribution < 1.29 is 9.90 Å². The number of hydrogen-bond acceptors (Lipinski definition) is 3. The standard InChI is InChI=1S/C14H19ClN2O2/c1-2-14(5-7-16-8-6-14)13(19)17-10-3-4-12(18)11(15)9-10/h3-4,9,16,18H,2,5-8H2,1H3,(H,17,19). The highest BCUT2D eigenvalue weighted by Crippen LogP contribution is 2.34. The van der Waals surface area contributed by atoms with Crippen molar-refractivity contribution in [2.24, 2.45) is 5.41 Å². The van der Waals surface area contributed by atoms with Crippen LogP contribution in [-0.4, -0.2) is 24.1 Å². The van der Waals surface area contributed by atoms with Gasteiger partial charge in [-0.3, -0.25) is 4.79 Å². The summed E-state index contributed by atoms with van der Waals surface area (Å²) >= 11 is 5.84. The van der Waals surface area contributed by atoms with Crippen LogP contribution in [0.2, 0.25) is 5.02 Å². The molecule has 1 saturated heterocycles. The van der Waals surface area contributed by atoms with Gasteiger partial charge in [0.2, 0.25) is 5.91 Å². The predicted octanol–water partition coefficient (Wildman–Crippen LogP) is 2.76. The van der Waals surface area contributed by atoms with Crippen molar-refractivity contribution in [3.05, 3.63) is 23.2 Å². The van der Waals surface area contributed by atoms with Gasteiger partial charge in [0.15, 0.2) is 0 Å². The molecule has 0 bridgehead atoms. The molecule has 0 unspecified atom stereocenters. The Kier molecular flexibility index (Phi) is 4.32. The van der Waals surface area contributed by atoms with E-state index in [1.54, 1.807) is 12.1 Å². The lowest BCUT2D eigenvalue weighted by Gasteiger charge is -2.35. The number of carbonyl (C=O) groups is 1. The number of carbonyl (C=O) groups excluding carboxylic acids is 1. The third-order valence-electron chi connectivity index (χ3n) is 3.92. The Morgan fingerprint density at radius 3 is 2.74 bits per heavy atom. The Hall–Kier alpha value is -1.26. The topological polar surface area (TPSA) is 61.4 Å². The van der Waals surface area contributed by atoms with Crippen molar-refractivity contribution in [3.63, 3.8) is 0 Å². The molecular weight excluding hydrogens is 264 g/mol. The summed E-state index contributed by atoms with van der Waals surface area (Å²) in [4.78, 5) is 12.5. The van der Waals surface area contributed by atoms with Crippen molar-refractivity contribution in [1.29, 1.82) is 0 Å². The van der Waals surface area contributed by atoms with Gasteiger partial charge in [-0.1, -0.05) is 18.5 Å². The predicted molar refractivity (Wildman–Crippen MR) is 76.6 cm³/mol. The Morgan fingerprint density at radius 2 is 2.16 bits per heavy atom. The minimum absolute atomic E-state index is 0.0201. The smallest absolute Gasteiger partial charge is 0.230 e. The van der Waals surface area contributed by atoms with Crippen molar-refractivity contribution in [2.75, 3.05) is 18.4 Å². The maximum atomic E-state index is 12.5. The minimum atomic E-state index is -0.296. The number of piperidine rings is 1. The van der Waals surface area contributed by atoms with Crippen LogP contribution in [-0.2, 0) is 4.79 Å². The van der Waals surface area contributed by atoms with Gasteiger partial charge in [0.05, 0.1) is 10.4 Å². The summed E-state index contributed by atoms with van der Waals surface area (Å²) in [6.45, 7) is 3.80. The zero-order chi connectivity index (χ0) is 13.9. The fourth-order valence-corrected chi connectivity index (χ4v) is 2.68. The molecule has 2 rings (SSSR count). The maximum absolute atomic E-state index is 12.5. The van der Waals surface area contributed by atoms with E-state index >= 15 is 0 Å². The molecule has 104 valence electrons. The molecule has 1 aromatic rings. The maximum Gasteiger partial charge on any atom is 0.230 e. The second-order valence-electron chi connectivity index (χ2n) is 5.00. The van der Waals surface area contributed by atoms with Crippen molar-refractivity contribution in [3.8, 4) is 5.75 Å². The molecule has 0 atom stereocenters. The van der Waals surface area contributed by atoms with E-state index in [9.17, 15) is 9.90 Å². The second kappa shape index (κ2) is 5.80. The Balaban J connectivity index is 2.12. The lowest BCUT2D eigenvalue weighted by Crippen LogP contribution is -2.44. The molecule has 1 aliphatic rings. The molecule has 1 aromatic carbocycles. The van der Waals surface area contributed by atoms with E-state index in [2.05, 4.69) is 17.6 Å². The Bertz CT molecular complexity index is 471. The highest BCUT2D eigenvalue weighted by atomic mass is 35.5. The average molecular weight is 283 g/mol. The van der Waals surface area contributed by atoms with E-state index in [0.29, 0.717) is 5.69 Å². The summed E-state index contributed by atoms with van der Waals surface area (Å²) < 4.78 is 0. The van der Waals surface area contributed by atoms with Gasteiger partial charge >= 0.3 is 0 Å². The molecule has 3 N–H and O–H groups in total. The summed E-state index contributed by atoms with van der Waals surface area (Å²) in [5.41, 5.74) is 0.328. The van der Waals surface area contributed by atoms with E-state index in [1.807, 2.05) is 0 Å². The summed E-state index contributed by atoms with van der Waals surface area (Å²) in [5.74, 6) is 0.0602. The monoisotopic (exact) mass is 282 g/mol. The van der Waals surface area contributed by atoms with Gasteiger partial charge < -0.3 is 15.7 Å². The number of hydrogen-bond donors (Lipinski definition) is 3. The first-order chi connectivity index (χ1) is 9.07. The summed E-state index contributed by atoms with van der Waals surface area (Å²) in [6.07, 6.45) is 2.52. The molecule has 0 spiro atoms. The number of phenols is 1. The fourth-order valence-electron chi connectivity index (χ4n) is 2.49. The third-order valence-corrected chi connectivity index (χ3v) is 4.23. The molecule has 0 aliphatic carbocycles. The number of aromatic hydroxyl groups is 1. The summed E-state index contributed by atoms with van der Waals surface area (Å²) in [7, 11) is 0. The van der Waals surface area contributed by atoms with Crippen molar-refractivity contribution in [2.45, 2.75) is 26.2 Å². The van der Waals surface area contributed by atoms with Crippen LogP contribution in [0, 0.1) is 5.41 Å². The second-order valence-corrected chi connectivity index (χ2v) is 5.41. The SMILES string of the molecule is CCC1(C(=O)Nc2ccc(O)c(Cl)c2)CCNCC1. The number of halogens is 1. The van der Waals surface area contributed by atoms with Crippen LogP contribution >= 0.6 is 11.6 Å². The van der Waals surface area contributed by atoms with Crippen LogP contribution < -0.4 is 10.6 Å². The first kappa shape index (κ1) is 14.2. The van der Waals surface area contributed by atoms with Gasteiger partial charge in [-0.25, -0.2) is 0 Å². The molecule has 0 aromatic heterocycles. The van der Waals surface area contributed by atoms with Gasteiger partial charge in [-0.2, -0.15) is 0 Å². The van der Waals surface area contributed by atoms with Crippen molar-refractivity contribution in [1.82, 2.24) is 5.32 Å². The number of nitrogens with one attached hydrogen (secondary N) is 2. The quantitative estimate of drug-likeness (QED) is 0.747. The van der Waals surface area contributed by atoms with Crippen LogP contribution in [0.4, 0.5) is 5.69 Å².